The highest BCUT2D eigenvalue weighted by Gasteiger charge is 2.23. The maximum Gasteiger partial charge on any atom is 0.120 e. The molecule has 3 aliphatic rings. The minimum Gasteiger partial charge on any atom is -0.493 e. The molecule has 4 heteroatoms. The topological polar surface area (TPSA) is 37.6 Å². The van der Waals surface area contributed by atoms with E-state index in [0.29, 0.717) is 0 Å². The van der Waals surface area contributed by atoms with Crippen molar-refractivity contribution in [3.05, 3.63) is 30.0 Å². The summed E-state index contributed by atoms with van der Waals surface area (Å²) in [5.74, 6) is 2.71. The first-order valence-electron chi connectivity index (χ1n) is 12.4. The van der Waals surface area contributed by atoms with Crippen molar-refractivity contribution in [1.82, 2.24) is 9.47 Å². The van der Waals surface area contributed by atoms with Crippen LogP contribution in [-0.2, 0) is 13.1 Å². The van der Waals surface area contributed by atoms with Gasteiger partial charge >= 0.3 is 0 Å². The molecule has 0 spiro atoms. The van der Waals surface area contributed by atoms with Crippen molar-refractivity contribution in [2.75, 3.05) is 19.7 Å². The van der Waals surface area contributed by atoms with Crippen molar-refractivity contribution in [2.45, 2.75) is 83.4 Å². The van der Waals surface area contributed by atoms with E-state index in [1.54, 1.807) is 0 Å². The van der Waals surface area contributed by atoms with E-state index < -0.39 is 0 Å². The number of benzene rings is 1. The fourth-order valence-electron chi connectivity index (χ4n) is 5.37. The summed E-state index contributed by atoms with van der Waals surface area (Å²) in [7, 11) is 0. The van der Waals surface area contributed by atoms with E-state index in [2.05, 4.69) is 33.9 Å². The molecule has 0 radical (unpaired) electrons. The van der Waals surface area contributed by atoms with Gasteiger partial charge in [-0.2, -0.15) is 0 Å². The fourth-order valence-corrected chi connectivity index (χ4v) is 5.37. The van der Waals surface area contributed by atoms with Gasteiger partial charge in [-0.15, -0.1) is 0 Å². The number of piperidine rings is 1. The Kier molecular flexibility index (Phi) is 6.33. The number of likely N-dealkylation sites (tertiary alicyclic amines) is 1. The van der Waals surface area contributed by atoms with Crippen LogP contribution in [0, 0.1) is 11.8 Å². The van der Waals surface area contributed by atoms with E-state index in [-0.39, 0.29) is 6.10 Å². The maximum atomic E-state index is 9.86. The Hall–Kier alpha value is -1.52. The molecule has 3 fully saturated rings. The van der Waals surface area contributed by atoms with Crippen molar-refractivity contribution in [2.24, 2.45) is 11.8 Å². The van der Waals surface area contributed by atoms with Crippen molar-refractivity contribution in [3.63, 3.8) is 0 Å². The summed E-state index contributed by atoms with van der Waals surface area (Å²) >= 11 is 0. The molecular formula is C26H38N2O2. The lowest BCUT2D eigenvalue weighted by molar-refractivity contribution is 0.0794. The number of rotatable bonds is 8. The van der Waals surface area contributed by atoms with Crippen LogP contribution in [0.15, 0.2) is 24.4 Å². The summed E-state index contributed by atoms with van der Waals surface area (Å²) in [5, 5.41) is 11.2. The molecule has 30 heavy (non-hydrogen) atoms. The zero-order chi connectivity index (χ0) is 20.3. The quantitative estimate of drug-likeness (QED) is 0.637. The van der Waals surface area contributed by atoms with E-state index in [1.807, 2.05) is 0 Å². The highest BCUT2D eigenvalue weighted by Crippen LogP contribution is 2.33. The van der Waals surface area contributed by atoms with Gasteiger partial charge in [0.1, 0.15) is 5.75 Å². The molecular weight excluding hydrogens is 372 g/mol. The molecule has 0 unspecified atom stereocenters. The largest absolute Gasteiger partial charge is 0.493 e. The molecule has 2 aliphatic carbocycles. The first kappa shape index (κ1) is 20.4. The molecule has 1 saturated heterocycles. The number of aliphatic hydroxyl groups excluding tert-OH is 1. The third-order valence-corrected chi connectivity index (χ3v) is 7.57. The van der Waals surface area contributed by atoms with Crippen LogP contribution in [0.25, 0.3) is 10.9 Å². The molecule has 2 aromatic rings. The summed E-state index contributed by atoms with van der Waals surface area (Å²) in [6, 6.07) is 6.73. The molecule has 164 valence electrons. The van der Waals surface area contributed by atoms with E-state index in [1.165, 1.54) is 67.8 Å². The van der Waals surface area contributed by atoms with Gasteiger partial charge in [0, 0.05) is 43.3 Å². The number of ether oxygens (including phenoxy) is 1. The fraction of sp³-hybridized carbons (Fsp3) is 0.692. The third-order valence-electron chi connectivity index (χ3n) is 7.57. The predicted octanol–water partition coefficient (Wildman–Crippen LogP) is 5.36. The van der Waals surface area contributed by atoms with Crippen LogP contribution in [0.3, 0.4) is 0 Å². The first-order valence-corrected chi connectivity index (χ1v) is 12.4. The van der Waals surface area contributed by atoms with Crippen LogP contribution in [0.2, 0.25) is 0 Å². The molecule has 4 nitrogen and oxygen atoms in total. The summed E-state index contributed by atoms with van der Waals surface area (Å²) in [5.41, 5.74) is 2.78. The second-order valence-corrected chi connectivity index (χ2v) is 10.1. The Labute approximate surface area is 181 Å². The van der Waals surface area contributed by atoms with E-state index >= 15 is 0 Å². The minimum atomic E-state index is -0.111. The Bertz CT molecular complexity index is 827. The molecule has 0 amide bonds. The number of aromatic nitrogens is 1. The number of aryl methyl sites for hydroxylation is 1. The van der Waals surface area contributed by atoms with Crippen LogP contribution in [0.4, 0.5) is 0 Å². The van der Waals surface area contributed by atoms with Crippen molar-refractivity contribution >= 4 is 10.9 Å². The summed E-state index contributed by atoms with van der Waals surface area (Å²) in [4.78, 5) is 2.50. The molecule has 1 aliphatic heterocycles. The smallest absolute Gasteiger partial charge is 0.120 e. The Balaban J connectivity index is 1.34. The molecule has 0 bridgehead atoms. The van der Waals surface area contributed by atoms with Gasteiger partial charge in [0.15, 0.2) is 0 Å². The third kappa shape index (κ3) is 5.03. The number of hydrogen-bond donors (Lipinski definition) is 1. The van der Waals surface area contributed by atoms with Crippen molar-refractivity contribution in [3.8, 4) is 5.75 Å². The molecule has 1 aromatic carbocycles. The monoisotopic (exact) mass is 410 g/mol. The van der Waals surface area contributed by atoms with E-state index in [0.717, 1.165) is 63.2 Å². The Morgan fingerprint density at radius 1 is 0.933 bits per heavy atom. The zero-order valence-electron chi connectivity index (χ0n) is 18.4. The average molecular weight is 411 g/mol. The van der Waals surface area contributed by atoms with Crippen molar-refractivity contribution in [1.29, 1.82) is 0 Å². The summed E-state index contributed by atoms with van der Waals surface area (Å²) < 4.78 is 8.61. The minimum absolute atomic E-state index is 0.111. The predicted molar refractivity (Wildman–Crippen MR) is 122 cm³/mol. The van der Waals surface area contributed by atoms with Gasteiger partial charge < -0.3 is 14.4 Å². The molecule has 2 saturated carbocycles. The van der Waals surface area contributed by atoms with Crippen molar-refractivity contribution < 1.29 is 9.84 Å². The molecule has 0 atom stereocenters. The van der Waals surface area contributed by atoms with Gasteiger partial charge in [0.2, 0.25) is 0 Å². The van der Waals surface area contributed by atoms with Crippen LogP contribution in [-0.4, -0.2) is 40.4 Å². The van der Waals surface area contributed by atoms with Gasteiger partial charge in [0.25, 0.3) is 0 Å². The van der Waals surface area contributed by atoms with Crippen LogP contribution < -0.4 is 4.74 Å². The van der Waals surface area contributed by atoms with Gasteiger partial charge in [-0.05, 0) is 67.7 Å². The maximum absolute atomic E-state index is 9.86. The Morgan fingerprint density at radius 3 is 2.50 bits per heavy atom. The second kappa shape index (κ2) is 9.32. The number of aliphatic hydroxyl groups is 1. The zero-order valence-corrected chi connectivity index (χ0v) is 18.4. The lowest BCUT2D eigenvalue weighted by Crippen LogP contribution is -2.35. The van der Waals surface area contributed by atoms with Gasteiger partial charge in [-0.1, -0.05) is 32.1 Å². The average Bonchev–Trinajstić information content (AvgIpc) is 3.55. The van der Waals surface area contributed by atoms with E-state index in [9.17, 15) is 5.11 Å². The van der Waals surface area contributed by atoms with Crippen LogP contribution >= 0.6 is 0 Å². The number of fused-ring (bicyclic) bond motifs is 1. The highest BCUT2D eigenvalue weighted by atomic mass is 16.5. The SMILES string of the molecule is OC1CCN(Cc2cn(CCC3CCCCC3)c3ccc(OCC4CC4)cc23)CC1. The first-order chi connectivity index (χ1) is 14.7. The van der Waals surface area contributed by atoms with Gasteiger partial charge in [0.05, 0.1) is 12.7 Å². The van der Waals surface area contributed by atoms with Crippen LogP contribution in [0.5, 0.6) is 5.75 Å². The lowest BCUT2D eigenvalue weighted by atomic mass is 9.87. The molecule has 5 rings (SSSR count). The highest BCUT2D eigenvalue weighted by molar-refractivity contribution is 5.85. The number of nitrogens with zero attached hydrogens (tertiary/aromatic N) is 2. The molecule has 1 N–H and O–H groups in total. The standard InChI is InChI=1S/C26H38N2O2/c29-23-11-13-27(14-12-23)17-22-18-28(15-10-20-4-2-1-3-5-20)26-9-8-24(16-25(22)26)30-19-21-6-7-21/h8-9,16,18,20-21,23,29H,1-7,10-15,17,19H2. The normalized spacial score (nSPS) is 22.0. The lowest BCUT2D eigenvalue weighted by Gasteiger charge is -2.29. The van der Waals surface area contributed by atoms with Gasteiger partial charge in [-0.3, -0.25) is 4.90 Å². The number of hydrogen-bond acceptors (Lipinski definition) is 3. The second-order valence-electron chi connectivity index (χ2n) is 10.1. The van der Waals surface area contributed by atoms with Gasteiger partial charge in [-0.25, -0.2) is 0 Å². The summed E-state index contributed by atoms with van der Waals surface area (Å²) in [6.07, 6.45) is 15.2. The summed E-state index contributed by atoms with van der Waals surface area (Å²) in [6.45, 7) is 4.96. The Morgan fingerprint density at radius 2 is 1.73 bits per heavy atom. The van der Waals surface area contributed by atoms with E-state index in [4.69, 9.17) is 4.74 Å². The molecule has 1 aromatic heterocycles. The van der Waals surface area contributed by atoms with Crippen LogP contribution in [0.1, 0.15) is 69.8 Å². The molecule has 2 heterocycles.